The van der Waals surface area contributed by atoms with E-state index < -0.39 is 5.60 Å². The number of alkyl halides is 1. The van der Waals surface area contributed by atoms with E-state index in [4.69, 9.17) is 14.2 Å². The fourth-order valence-electron chi connectivity index (χ4n) is 0.925. The van der Waals surface area contributed by atoms with Crippen LogP contribution in [0.2, 0.25) is 0 Å². The van der Waals surface area contributed by atoms with Crippen LogP contribution in [0.25, 0.3) is 0 Å². The van der Waals surface area contributed by atoms with Crippen molar-refractivity contribution in [1.29, 1.82) is 0 Å². The van der Waals surface area contributed by atoms with E-state index >= 15 is 0 Å². The van der Waals surface area contributed by atoms with Gasteiger partial charge in [-0.25, -0.2) is 0 Å². The molecule has 0 bridgehead atoms. The summed E-state index contributed by atoms with van der Waals surface area (Å²) in [4.78, 5) is 11.3. The zero-order valence-electron chi connectivity index (χ0n) is 10.3. The molecule has 0 aliphatic heterocycles. The van der Waals surface area contributed by atoms with E-state index in [-0.39, 0.29) is 5.97 Å². The van der Waals surface area contributed by atoms with Crippen molar-refractivity contribution < 1.29 is 19.0 Å². The van der Waals surface area contributed by atoms with Gasteiger partial charge in [0.15, 0.2) is 0 Å². The summed E-state index contributed by atoms with van der Waals surface area (Å²) in [6, 6.07) is 0. The maximum absolute atomic E-state index is 11.3. The molecule has 4 nitrogen and oxygen atoms in total. The molecule has 96 valence electrons. The van der Waals surface area contributed by atoms with E-state index in [1.165, 1.54) is 0 Å². The summed E-state index contributed by atoms with van der Waals surface area (Å²) in [5, 5.41) is 0. The molecule has 0 aromatic carbocycles. The van der Waals surface area contributed by atoms with E-state index in [1.54, 1.807) is 0 Å². The molecular weight excluding hydrogens is 323 g/mol. The molecule has 0 saturated carbocycles. The molecule has 0 aliphatic carbocycles. The number of hydrogen-bond donors (Lipinski definition) is 0. The Labute approximate surface area is 111 Å². The van der Waals surface area contributed by atoms with Crippen molar-refractivity contribution in [2.75, 3.05) is 30.9 Å². The highest BCUT2D eigenvalue weighted by Gasteiger charge is 2.15. The summed E-state index contributed by atoms with van der Waals surface area (Å²) >= 11 is 2.25. The van der Waals surface area contributed by atoms with E-state index in [0.717, 1.165) is 11.0 Å². The average Bonchev–Trinajstić information content (AvgIpc) is 2.13. The Morgan fingerprint density at radius 1 is 1.06 bits per heavy atom. The van der Waals surface area contributed by atoms with Gasteiger partial charge in [0.1, 0.15) is 5.60 Å². The number of esters is 1. The Morgan fingerprint density at radius 3 is 2.12 bits per heavy atom. The molecule has 0 fully saturated rings. The monoisotopic (exact) mass is 344 g/mol. The molecule has 0 rings (SSSR count). The molecule has 0 atom stereocenters. The van der Waals surface area contributed by atoms with Crippen molar-refractivity contribution in [3.05, 3.63) is 0 Å². The first kappa shape index (κ1) is 16.1. The van der Waals surface area contributed by atoms with E-state index in [0.29, 0.717) is 26.2 Å². The minimum absolute atomic E-state index is 0.222. The fraction of sp³-hybridized carbons (Fsp3) is 0.909. The standard InChI is InChI=1S/C11H21IO4/c1-11(2,3)16-10(13)4-6-14-8-9-15-7-5-12/h4-9H2,1-3H3. The lowest BCUT2D eigenvalue weighted by molar-refractivity contribution is -0.156. The van der Waals surface area contributed by atoms with Crippen LogP contribution in [-0.4, -0.2) is 42.4 Å². The number of hydrogen-bond acceptors (Lipinski definition) is 4. The van der Waals surface area contributed by atoms with Gasteiger partial charge in [-0.1, -0.05) is 22.6 Å². The maximum atomic E-state index is 11.3. The number of halogens is 1. The molecule has 16 heavy (non-hydrogen) atoms. The van der Waals surface area contributed by atoms with Gasteiger partial charge in [0.25, 0.3) is 0 Å². The molecule has 0 aromatic rings. The Bertz CT molecular complexity index is 189. The first-order valence-corrected chi connectivity index (χ1v) is 6.91. The second-order valence-electron chi connectivity index (χ2n) is 4.25. The number of rotatable bonds is 8. The summed E-state index contributed by atoms with van der Waals surface area (Å²) in [7, 11) is 0. The quantitative estimate of drug-likeness (QED) is 0.293. The second kappa shape index (κ2) is 9.18. The number of carbonyl (C=O) groups is 1. The van der Waals surface area contributed by atoms with Gasteiger partial charge in [-0.15, -0.1) is 0 Å². The van der Waals surface area contributed by atoms with Gasteiger partial charge in [0.2, 0.25) is 0 Å². The summed E-state index contributed by atoms with van der Waals surface area (Å²) in [5.74, 6) is -0.222. The normalized spacial score (nSPS) is 11.5. The van der Waals surface area contributed by atoms with Crippen LogP contribution >= 0.6 is 22.6 Å². The second-order valence-corrected chi connectivity index (χ2v) is 5.33. The summed E-state index contributed by atoms with van der Waals surface area (Å²) < 4.78 is 16.6. The lowest BCUT2D eigenvalue weighted by atomic mass is 10.2. The number of carbonyl (C=O) groups excluding carboxylic acids is 1. The summed E-state index contributed by atoms with van der Waals surface area (Å²) in [5.41, 5.74) is -0.416. The average molecular weight is 344 g/mol. The van der Waals surface area contributed by atoms with Gasteiger partial charge in [-0.2, -0.15) is 0 Å². The third-order valence-electron chi connectivity index (χ3n) is 1.46. The van der Waals surface area contributed by atoms with Crippen molar-refractivity contribution >= 4 is 28.6 Å². The van der Waals surface area contributed by atoms with E-state index in [2.05, 4.69) is 22.6 Å². The molecule has 0 amide bonds. The van der Waals surface area contributed by atoms with Crippen LogP contribution in [0.3, 0.4) is 0 Å². The van der Waals surface area contributed by atoms with Gasteiger partial charge < -0.3 is 14.2 Å². The lowest BCUT2D eigenvalue weighted by Crippen LogP contribution is -2.24. The van der Waals surface area contributed by atoms with Gasteiger partial charge in [0, 0.05) is 4.43 Å². The Kier molecular flexibility index (Phi) is 9.25. The molecule has 0 saturated heterocycles. The highest BCUT2D eigenvalue weighted by atomic mass is 127. The molecule has 0 N–H and O–H groups in total. The largest absolute Gasteiger partial charge is 0.460 e. The Hall–Kier alpha value is 0.120. The van der Waals surface area contributed by atoms with Crippen LogP contribution in [-0.2, 0) is 19.0 Å². The topological polar surface area (TPSA) is 44.8 Å². The van der Waals surface area contributed by atoms with E-state index in [9.17, 15) is 4.79 Å². The Balaban J connectivity index is 3.28. The third kappa shape index (κ3) is 12.2. The molecular formula is C11H21IO4. The zero-order chi connectivity index (χ0) is 12.4. The molecule has 0 spiro atoms. The van der Waals surface area contributed by atoms with Crippen LogP contribution in [0, 0.1) is 0 Å². The first-order valence-electron chi connectivity index (χ1n) is 5.39. The fourth-order valence-corrected chi connectivity index (χ4v) is 1.24. The summed E-state index contributed by atoms with van der Waals surface area (Å²) in [6.07, 6.45) is 0.295. The van der Waals surface area contributed by atoms with Crippen molar-refractivity contribution in [3.8, 4) is 0 Å². The lowest BCUT2D eigenvalue weighted by Gasteiger charge is -2.19. The van der Waals surface area contributed by atoms with Crippen molar-refractivity contribution in [2.24, 2.45) is 0 Å². The van der Waals surface area contributed by atoms with Gasteiger partial charge in [-0.05, 0) is 20.8 Å². The first-order chi connectivity index (χ1) is 7.45. The molecule has 5 heteroatoms. The van der Waals surface area contributed by atoms with Crippen LogP contribution in [0.4, 0.5) is 0 Å². The van der Waals surface area contributed by atoms with Crippen LogP contribution < -0.4 is 0 Å². The van der Waals surface area contributed by atoms with Crippen molar-refractivity contribution in [2.45, 2.75) is 32.8 Å². The van der Waals surface area contributed by atoms with Crippen molar-refractivity contribution in [1.82, 2.24) is 0 Å². The minimum Gasteiger partial charge on any atom is -0.460 e. The predicted molar refractivity (Wildman–Crippen MR) is 71.0 cm³/mol. The van der Waals surface area contributed by atoms with E-state index in [1.807, 2.05) is 20.8 Å². The van der Waals surface area contributed by atoms with Gasteiger partial charge >= 0.3 is 5.97 Å². The molecule has 0 heterocycles. The smallest absolute Gasteiger partial charge is 0.308 e. The van der Waals surface area contributed by atoms with Crippen molar-refractivity contribution in [3.63, 3.8) is 0 Å². The summed E-state index contributed by atoms with van der Waals surface area (Å²) in [6.45, 7) is 7.80. The van der Waals surface area contributed by atoms with Crippen LogP contribution in [0.1, 0.15) is 27.2 Å². The van der Waals surface area contributed by atoms with Crippen LogP contribution in [0.15, 0.2) is 0 Å². The predicted octanol–water partition coefficient (Wildman–Crippen LogP) is 2.19. The number of ether oxygens (including phenoxy) is 3. The van der Waals surface area contributed by atoms with Gasteiger partial charge in [0.05, 0.1) is 32.8 Å². The molecule has 0 unspecified atom stereocenters. The minimum atomic E-state index is -0.416. The third-order valence-corrected chi connectivity index (χ3v) is 1.90. The SMILES string of the molecule is CC(C)(C)OC(=O)CCOCCOCCI. The highest BCUT2D eigenvalue weighted by molar-refractivity contribution is 14.1. The van der Waals surface area contributed by atoms with Crippen LogP contribution in [0.5, 0.6) is 0 Å². The molecule has 0 aliphatic rings. The molecule has 0 aromatic heterocycles. The molecule has 0 radical (unpaired) electrons. The maximum Gasteiger partial charge on any atom is 0.308 e. The zero-order valence-corrected chi connectivity index (χ0v) is 12.4. The Morgan fingerprint density at radius 2 is 1.62 bits per heavy atom. The van der Waals surface area contributed by atoms with Gasteiger partial charge in [-0.3, -0.25) is 4.79 Å². The highest BCUT2D eigenvalue weighted by Crippen LogP contribution is 2.07.